The van der Waals surface area contributed by atoms with Crippen LogP contribution in [0.4, 0.5) is 28.8 Å². The third-order valence-corrected chi connectivity index (χ3v) is 6.47. The summed E-state index contributed by atoms with van der Waals surface area (Å²) in [6.07, 6.45) is -4.52. The molecular formula is C21H21F3N4OS. The van der Waals surface area contributed by atoms with Gasteiger partial charge in [0.1, 0.15) is 0 Å². The van der Waals surface area contributed by atoms with Gasteiger partial charge in [-0.25, -0.2) is 9.78 Å². The zero-order chi connectivity index (χ0) is 21.5. The molecule has 1 N–H and O–H groups in total. The van der Waals surface area contributed by atoms with E-state index in [2.05, 4.69) is 36.2 Å². The first kappa shape index (κ1) is 20.5. The van der Waals surface area contributed by atoms with Crippen LogP contribution in [0.5, 0.6) is 0 Å². The summed E-state index contributed by atoms with van der Waals surface area (Å²) >= 11 is 1.61. The molecule has 2 amide bonds. The van der Waals surface area contributed by atoms with Gasteiger partial charge < -0.3 is 15.1 Å². The molecule has 158 valence electrons. The van der Waals surface area contributed by atoms with Gasteiger partial charge in [0.2, 0.25) is 0 Å². The number of aryl methyl sites for hydroxylation is 2. The number of rotatable bonds is 2. The van der Waals surface area contributed by atoms with Crippen LogP contribution in [0.2, 0.25) is 0 Å². The number of urea groups is 1. The van der Waals surface area contributed by atoms with Crippen molar-refractivity contribution < 1.29 is 18.0 Å². The van der Waals surface area contributed by atoms with Crippen LogP contribution in [0.15, 0.2) is 36.4 Å². The Bertz CT molecular complexity index is 1090. The molecule has 3 aromatic rings. The van der Waals surface area contributed by atoms with Gasteiger partial charge in [-0.3, -0.25) is 0 Å². The van der Waals surface area contributed by atoms with Crippen LogP contribution in [-0.4, -0.2) is 42.1 Å². The zero-order valence-corrected chi connectivity index (χ0v) is 17.4. The quantitative estimate of drug-likeness (QED) is 0.597. The molecule has 5 nitrogen and oxygen atoms in total. The number of carbonyl (C=O) groups excluding carboxylic acids is 1. The maximum absolute atomic E-state index is 13.1. The Hall–Kier alpha value is -2.81. The Labute approximate surface area is 176 Å². The molecule has 1 aliphatic heterocycles. The maximum atomic E-state index is 13.1. The summed E-state index contributed by atoms with van der Waals surface area (Å²) in [6, 6.07) is 8.63. The highest BCUT2D eigenvalue weighted by Gasteiger charge is 2.34. The topological polar surface area (TPSA) is 48.5 Å². The fourth-order valence-electron chi connectivity index (χ4n) is 3.48. The number of piperazine rings is 1. The summed E-state index contributed by atoms with van der Waals surface area (Å²) in [4.78, 5) is 21.0. The number of amides is 2. The standard InChI is InChI=1S/C21H21F3N4OS/c1-13-7-8-17-18(14(13)2)26-20(30-17)28-11-9-27(10-12-28)19(29)25-16-6-4-3-5-15(16)21(22,23)24/h3-8H,9-12H2,1-2H3,(H,25,29). The fraction of sp³-hybridized carbons (Fsp3) is 0.333. The van der Waals surface area contributed by atoms with Crippen LogP contribution >= 0.6 is 11.3 Å². The Morgan fingerprint density at radius 3 is 2.47 bits per heavy atom. The number of nitrogens with zero attached hydrogens (tertiary/aromatic N) is 3. The number of hydrogen-bond donors (Lipinski definition) is 1. The minimum atomic E-state index is -4.52. The number of halogens is 3. The Morgan fingerprint density at radius 1 is 1.07 bits per heavy atom. The molecule has 0 aliphatic carbocycles. The molecule has 9 heteroatoms. The smallest absolute Gasteiger partial charge is 0.345 e. The first-order chi connectivity index (χ1) is 14.2. The lowest BCUT2D eigenvalue weighted by Gasteiger charge is -2.34. The number of anilines is 2. The lowest BCUT2D eigenvalue weighted by molar-refractivity contribution is -0.136. The molecular weight excluding hydrogens is 413 g/mol. The number of thiazole rings is 1. The predicted molar refractivity (Wildman–Crippen MR) is 113 cm³/mol. The van der Waals surface area contributed by atoms with Crippen LogP contribution in [0.1, 0.15) is 16.7 Å². The Balaban J connectivity index is 1.43. The Morgan fingerprint density at radius 2 is 1.77 bits per heavy atom. The van der Waals surface area contributed by atoms with Crippen molar-refractivity contribution in [3.63, 3.8) is 0 Å². The molecule has 1 aliphatic rings. The van der Waals surface area contributed by atoms with Crippen LogP contribution in [0, 0.1) is 13.8 Å². The van der Waals surface area contributed by atoms with Crippen LogP contribution < -0.4 is 10.2 Å². The predicted octanol–water partition coefficient (Wildman–Crippen LogP) is 5.29. The van der Waals surface area contributed by atoms with E-state index in [1.54, 1.807) is 11.3 Å². The third-order valence-electron chi connectivity index (χ3n) is 5.38. The minimum Gasteiger partial charge on any atom is -0.345 e. The normalized spacial score (nSPS) is 15.0. The minimum absolute atomic E-state index is 0.227. The van der Waals surface area contributed by atoms with Gasteiger partial charge in [-0.15, -0.1) is 0 Å². The molecule has 1 fully saturated rings. The largest absolute Gasteiger partial charge is 0.418 e. The van der Waals surface area contributed by atoms with E-state index in [1.807, 2.05) is 0 Å². The van der Waals surface area contributed by atoms with E-state index < -0.39 is 17.8 Å². The van der Waals surface area contributed by atoms with Gasteiger partial charge in [0.15, 0.2) is 5.13 Å². The molecule has 30 heavy (non-hydrogen) atoms. The second kappa shape index (κ2) is 7.79. The number of benzene rings is 2. The lowest BCUT2D eigenvalue weighted by atomic mass is 10.1. The SMILES string of the molecule is Cc1ccc2sc(N3CCN(C(=O)Nc4ccccc4C(F)(F)F)CC3)nc2c1C. The van der Waals surface area contributed by atoms with Crippen LogP contribution in [0.25, 0.3) is 10.2 Å². The van der Waals surface area contributed by atoms with E-state index in [0.29, 0.717) is 26.2 Å². The number of alkyl halides is 3. The van der Waals surface area contributed by atoms with E-state index in [0.717, 1.165) is 27.0 Å². The third kappa shape index (κ3) is 3.94. The highest BCUT2D eigenvalue weighted by molar-refractivity contribution is 7.22. The number of para-hydroxylation sites is 1. The van der Waals surface area contributed by atoms with Gasteiger partial charge >= 0.3 is 12.2 Å². The van der Waals surface area contributed by atoms with Crippen molar-refractivity contribution in [3.8, 4) is 0 Å². The number of aromatic nitrogens is 1. The lowest BCUT2D eigenvalue weighted by Crippen LogP contribution is -2.50. The van der Waals surface area contributed by atoms with Gasteiger partial charge in [-0.05, 0) is 43.2 Å². The van der Waals surface area contributed by atoms with E-state index in [1.165, 1.54) is 28.7 Å². The fourth-order valence-corrected chi connectivity index (χ4v) is 4.56. The number of carbonyl (C=O) groups is 1. The second-order valence-corrected chi connectivity index (χ2v) is 8.31. The van der Waals surface area contributed by atoms with Crippen molar-refractivity contribution >= 4 is 38.4 Å². The molecule has 0 saturated carbocycles. The first-order valence-electron chi connectivity index (χ1n) is 9.58. The Kier molecular flexibility index (Phi) is 5.31. The van der Waals surface area contributed by atoms with Crippen molar-refractivity contribution in [2.24, 2.45) is 0 Å². The first-order valence-corrected chi connectivity index (χ1v) is 10.4. The average molecular weight is 434 g/mol. The van der Waals surface area contributed by atoms with Gasteiger partial charge in [0.05, 0.1) is 21.5 Å². The van der Waals surface area contributed by atoms with Crippen LogP contribution in [-0.2, 0) is 6.18 Å². The molecule has 0 radical (unpaired) electrons. The van der Waals surface area contributed by atoms with Crippen molar-refractivity contribution in [2.75, 3.05) is 36.4 Å². The molecule has 2 heterocycles. The number of hydrogen-bond acceptors (Lipinski definition) is 4. The molecule has 1 aromatic heterocycles. The van der Waals surface area contributed by atoms with E-state index in [9.17, 15) is 18.0 Å². The van der Waals surface area contributed by atoms with Crippen molar-refractivity contribution in [3.05, 3.63) is 53.1 Å². The molecule has 0 unspecified atom stereocenters. The van der Waals surface area contributed by atoms with Gasteiger partial charge in [-0.1, -0.05) is 29.5 Å². The van der Waals surface area contributed by atoms with Crippen molar-refractivity contribution in [1.29, 1.82) is 0 Å². The molecule has 1 saturated heterocycles. The molecule has 4 rings (SSSR count). The molecule has 0 bridgehead atoms. The van der Waals surface area contributed by atoms with Crippen molar-refractivity contribution in [2.45, 2.75) is 20.0 Å². The molecule has 2 aromatic carbocycles. The second-order valence-electron chi connectivity index (χ2n) is 7.30. The highest BCUT2D eigenvalue weighted by atomic mass is 32.1. The van der Waals surface area contributed by atoms with Crippen LogP contribution in [0.3, 0.4) is 0 Å². The maximum Gasteiger partial charge on any atom is 0.418 e. The van der Waals surface area contributed by atoms with Crippen molar-refractivity contribution in [1.82, 2.24) is 9.88 Å². The zero-order valence-electron chi connectivity index (χ0n) is 16.6. The van der Waals surface area contributed by atoms with E-state index >= 15 is 0 Å². The average Bonchev–Trinajstić information content (AvgIpc) is 3.16. The summed E-state index contributed by atoms with van der Waals surface area (Å²) in [7, 11) is 0. The van der Waals surface area contributed by atoms with Gasteiger partial charge in [0.25, 0.3) is 0 Å². The van der Waals surface area contributed by atoms with E-state index in [-0.39, 0.29) is 5.69 Å². The molecule has 0 spiro atoms. The van der Waals surface area contributed by atoms with E-state index in [4.69, 9.17) is 4.98 Å². The summed E-state index contributed by atoms with van der Waals surface area (Å²) in [5, 5.41) is 3.32. The summed E-state index contributed by atoms with van der Waals surface area (Å²) in [6.45, 7) is 6.09. The highest BCUT2D eigenvalue weighted by Crippen LogP contribution is 2.35. The molecule has 0 atom stereocenters. The summed E-state index contributed by atoms with van der Waals surface area (Å²) in [5.41, 5.74) is 2.28. The summed E-state index contributed by atoms with van der Waals surface area (Å²) < 4.78 is 40.6. The van der Waals surface area contributed by atoms with Gasteiger partial charge in [0, 0.05) is 26.2 Å². The summed E-state index contributed by atoms with van der Waals surface area (Å²) in [5.74, 6) is 0. The monoisotopic (exact) mass is 434 g/mol. The van der Waals surface area contributed by atoms with Gasteiger partial charge in [-0.2, -0.15) is 13.2 Å². The number of nitrogens with one attached hydrogen (secondary N) is 1. The number of fused-ring (bicyclic) bond motifs is 1.